The van der Waals surface area contributed by atoms with Crippen LogP contribution in [0.4, 0.5) is 0 Å². The summed E-state index contributed by atoms with van der Waals surface area (Å²) >= 11 is 5.76. The largest absolute Gasteiger partial charge is 0.356 e. The van der Waals surface area contributed by atoms with Gasteiger partial charge in [0, 0.05) is 19.3 Å². The Labute approximate surface area is 113 Å². The predicted molar refractivity (Wildman–Crippen MR) is 73.0 cm³/mol. The van der Waals surface area contributed by atoms with Crippen molar-refractivity contribution < 1.29 is 4.79 Å². The highest BCUT2D eigenvalue weighted by Crippen LogP contribution is 2.11. The van der Waals surface area contributed by atoms with Gasteiger partial charge in [-0.1, -0.05) is 18.5 Å². The second-order valence-corrected chi connectivity index (χ2v) is 5.49. The van der Waals surface area contributed by atoms with Crippen LogP contribution in [0.25, 0.3) is 0 Å². The van der Waals surface area contributed by atoms with Gasteiger partial charge in [-0.25, -0.2) is 0 Å². The van der Waals surface area contributed by atoms with Gasteiger partial charge in [0.05, 0.1) is 5.02 Å². The van der Waals surface area contributed by atoms with E-state index >= 15 is 0 Å². The average Bonchev–Trinajstić information content (AvgIpc) is 2.97. The second kappa shape index (κ2) is 6.25. The van der Waals surface area contributed by atoms with E-state index in [4.69, 9.17) is 11.6 Å². The standard InChI is InChI=1S/C13H20ClN3O/c1-10(9-17-4-2-3-5-17)7-16-13(18)12-6-11(14)8-15-12/h6,8,10,15H,2-5,7,9H2,1H3,(H,16,18). The Morgan fingerprint density at radius 1 is 1.56 bits per heavy atom. The molecular weight excluding hydrogens is 250 g/mol. The number of aromatic nitrogens is 1. The molecule has 0 radical (unpaired) electrons. The van der Waals surface area contributed by atoms with Crippen LogP contribution in [0.1, 0.15) is 30.3 Å². The van der Waals surface area contributed by atoms with Gasteiger partial charge in [0.15, 0.2) is 0 Å². The number of hydrogen-bond acceptors (Lipinski definition) is 2. The molecule has 1 aromatic rings. The molecule has 100 valence electrons. The van der Waals surface area contributed by atoms with Crippen molar-refractivity contribution in [3.05, 3.63) is 23.0 Å². The van der Waals surface area contributed by atoms with Crippen LogP contribution in [0.5, 0.6) is 0 Å². The lowest BCUT2D eigenvalue weighted by Crippen LogP contribution is -2.34. The molecule has 4 nitrogen and oxygen atoms in total. The Kier molecular flexibility index (Phi) is 4.66. The second-order valence-electron chi connectivity index (χ2n) is 5.05. The molecule has 1 aliphatic heterocycles. The summed E-state index contributed by atoms with van der Waals surface area (Å²) in [7, 11) is 0. The molecule has 1 aromatic heterocycles. The number of H-pyrrole nitrogens is 1. The summed E-state index contributed by atoms with van der Waals surface area (Å²) < 4.78 is 0. The van der Waals surface area contributed by atoms with Crippen LogP contribution in [0, 0.1) is 5.92 Å². The number of likely N-dealkylation sites (tertiary alicyclic amines) is 1. The molecule has 5 heteroatoms. The maximum atomic E-state index is 11.8. The first-order valence-electron chi connectivity index (χ1n) is 6.49. The summed E-state index contributed by atoms with van der Waals surface area (Å²) in [6.45, 7) is 6.33. The molecule has 1 atom stereocenters. The smallest absolute Gasteiger partial charge is 0.267 e. The SMILES string of the molecule is CC(CNC(=O)c1cc(Cl)c[nH]1)CN1CCCC1. The maximum absolute atomic E-state index is 11.8. The van der Waals surface area contributed by atoms with Crippen LogP contribution < -0.4 is 5.32 Å². The molecule has 0 saturated carbocycles. The van der Waals surface area contributed by atoms with Crippen molar-refractivity contribution in [2.75, 3.05) is 26.2 Å². The summed E-state index contributed by atoms with van der Waals surface area (Å²) in [5, 5.41) is 3.49. The quantitative estimate of drug-likeness (QED) is 0.860. The van der Waals surface area contributed by atoms with E-state index in [0.717, 1.165) is 6.54 Å². The van der Waals surface area contributed by atoms with E-state index < -0.39 is 0 Å². The molecule has 2 N–H and O–H groups in total. The van der Waals surface area contributed by atoms with Crippen molar-refractivity contribution in [2.45, 2.75) is 19.8 Å². The Hall–Kier alpha value is -1.00. The van der Waals surface area contributed by atoms with Gasteiger partial charge in [-0.05, 0) is 37.9 Å². The van der Waals surface area contributed by atoms with E-state index in [-0.39, 0.29) is 5.91 Å². The van der Waals surface area contributed by atoms with E-state index in [1.165, 1.54) is 25.9 Å². The molecule has 2 rings (SSSR count). The number of rotatable bonds is 5. The highest BCUT2D eigenvalue weighted by Gasteiger charge is 2.15. The first-order valence-corrected chi connectivity index (χ1v) is 6.87. The molecular formula is C13H20ClN3O. The maximum Gasteiger partial charge on any atom is 0.267 e. The normalized spacial score (nSPS) is 17.9. The Bertz CT molecular complexity index is 399. The van der Waals surface area contributed by atoms with E-state index in [9.17, 15) is 4.79 Å². The monoisotopic (exact) mass is 269 g/mol. The summed E-state index contributed by atoms with van der Waals surface area (Å²) in [5.74, 6) is 0.382. The van der Waals surface area contributed by atoms with Crippen molar-refractivity contribution in [1.29, 1.82) is 0 Å². The highest BCUT2D eigenvalue weighted by atomic mass is 35.5. The van der Waals surface area contributed by atoms with Gasteiger partial charge in [0.1, 0.15) is 5.69 Å². The third-order valence-corrected chi connectivity index (χ3v) is 3.49. The van der Waals surface area contributed by atoms with Gasteiger partial charge in [0.25, 0.3) is 5.91 Å². The zero-order valence-corrected chi connectivity index (χ0v) is 11.5. The van der Waals surface area contributed by atoms with E-state index in [1.807, 2.05) is 0 Å². The minimum atomic E-state index is -0.0878. The van der Waals surface area contributed by atoms with Crippen molar-refractivity contribution >= 4 is 17.5 Å². The van der Waals surface area contributed by atoms with Crippen LogP contribution in [-0.2, 0) is 0 Å². The number of nitrogens with zero attached hydrogens (tertiary/aromatic N) is 1. The minimum Gasteiger partial charge on any atom is -0.356 e. The summed E-state index contributed by atoms with van der Waals surface area (Å²) in [4.78, 5) is 17.1. The van der Waals surface area contributed by atoms with Gasteiger partial charge in [0.2, 0.25) is 0 Å². The zero-order valence-electron chi connectivity index (χ0n) is 10.7. The molecule has 1 amide bonds. The Morgan fingerprint density at radius 3 is 2.89 bits per heavy atom. The summed E-state index contributed by atoms with van der Waals surface area (Å²) in [6, 6.07) is 1.64. The molecule has 18 heavy (non-hydrogen) atoms. The molecule has 2 heterocycles. The van der Waals surface area contributed by atoms with Crippen molar-refractivity contribution in [1.82, 2.24) is 15.2 Å². The summed E-state index contributed by atoms with van der Waals surface area (Å²) in [6.07, 6.45) is 4.23. The molecule has 1 unspecified atom stereocenters. The summed E-state index contributed by atoms with van der Waals surface area (Å²) in [5.41, 5.74) is 0.522. The number of amides is 1. The van der Waals surface area contributed by atoms with Gasteiger partial charge >= 0.3 is 0 Å². The molecule has 0 aliphatic carbocycles. The van der Waals surface area contributed by atoms with Crippen LogP contribution >= 0.6 is 11.6 Å². The van der Waals surface area contributed by atoms with Crippen molar-refractivity contribution in [3.63, 3.8) is 0 Å². The fourth-order valence-electron chi connectivity index (χ4n) is 2.33. The molecule has 1 aliphatic rings. The Morgan fingerprint density at radius 2 is 2.28 bits per heavy atom. The van der Waals surface area contributed by atoms with E-state index in [0.29, 0.717) is 23.2 Å². The van der Waals surface area contributed by atoms with Crippen LogP contribution in [0.3, 0.4) is 0 Å². The van der Waals surface area contributed by atoms with Crippen LogP contribution in [0.15, 0.2) is 12.3 Å². The van der Waals surface area contributed by atoms with Gasteiger partial charge < -0.3 is 15.2 Å². The number of aromatic amines is 1. The van der Waals surface area contributed by atoms with Crippen molar-refractivity contribution in [3.8, 4) is 0 Å². The fraction of sp³-hybridized carbons (Fsp3) is 0.615. The number of carbonyl (C=O) groups is 1. The number of carbonyl (C=O) groups excluding carboxylic acids is 1. The number of hydrogen-bond donors (Lipinski definition) is 2. The molecule has 0 aromatic carbocycles. The zero-order chi connectivity index (χ0) is 13.0. The first kappa shape index (κ1) is 13.4. The molecule has 0 spiro atoms. The van der Waals surface area contributed by atoms with E-state index in [1.54, 1.807) is 12.3 Å². The molecule has 0 bridgehead atoms. The number of nitrogens with one attached hydrogen (secondary N) is 2. The van der Waals surface area contributed by atoms with Gasteiger partial charge in [-0.3, -0.25) is 4.79 Å². The fourth-order valence-corrected chi connectivity index (χ4v) is 2.50. The lowest BCUT2D eigenvalue weighted by molar-refractivity contribution is 0.0940. The molecule has 1 saturated heterocycles. The first-order chi connectivity index (χ1) is 8.65. The van der Waals surface area contributed by atoms with Gasteiger partial charge in [-0.2, -0.15) is 0 Å². The highest BCUT2D eigenvalue weighted by molar-refractivity contribution is 6.30. The minimum absolute atomic E-state index is 0.0878. The van der Waals surface area contributed by atoms with Crippen LogP contribution in [-0.4, -0.2) is 42.0 Å². The third kappa shape index (κ3) is 3.75. The average molecular weight is 270 g/mol. The third-order valence-electron chi connectivity index (χ3n) is 3.27. The van der Waals surface area contributed by atoms with Gasteiger partial charge in [-0.15, -0.1) is 0 Å². The molecule has 1 fully saturated rings. The Balaban J connectivity index is 1.71. The lowest BCUT2D eigenvalue weighted by atomic mass is 10.1. The lowest BCUT2D eigenvalue weighted by Gasteiger charge is -2.20. The predicted octanol–water partition coefficient (Wildman–Crippen LogP) is 2.13. The van der Waals surface area contributed by atoms with E-state index in [2.05, 4.69) is 22.1 Å². The number of halogens is 1. The topological polar surface area (TPSA) is 48.1 Å². The van der Waals surface area contributed by atoms with Crippen molar-refractivity contribution in [2.24, 2.45) is 5.92 Å². The van der Waals surface area contributed by atoms with Crippen LogP contribution in [0.2, 0.25) is 5.02 Å².